The molecule has 0 aliphatic carbocycles. The summed E-state index contributed by atoms with van der Waals surface area (Å²) >= 11 is 4.71. The third-order valence-electron chi connectivity index (χ3n) is 5.34. The van der Waals surface area contributed by atoms with Crippen LogP contribution in [0.3, 0.4) is 0 Å². The molecule has 0 bridgehead atoms. The smallest absolute Gasteiger partial charge is 0.135 e. The topological polar surface area (TPSA) is 9.23 Å². The Hall–Kier alpha value is -1.15. The van der Waals surface area contributed by atoms with E-state index in [1.54, 1.807) is 7.11 Å². The fourth-order valence-electron chi connectivity index (χ4n) is 3.77. The number of fused-ring (bicyclic) bond motifs is 1. The van der Waals surface area contributed by atoms with E-state index in [1.807, 2.05) is 0 Å². The number of methoxy groups -OCH3 is 1. The third-order valence-corrected chi connectivity index (χ3v) is 5.79. The van der Waals surface area contributed by atoms with Crippen LogP contribution in [0.5, 0.6) is 5.75 Å². The highest BCUT2D eigenvalue weighted by Crippen LogP contribution is 2.35. The SMILES string of the molecule is CCCCCCCCCCCCc1ccc2cc(C)c(OC)c(S)c2c1. The molecule has 0 amide bonds. The fraction of sp³-hybridized carbons (Fsp3) is 0.583. The van der Waals surface area contributed by atoms with E-state index in [0.717, 1.165) is 22.6 Å². The molecule has 0 N–H and O–H groups in total. The lowest BCUT2D eigenvalue weighted by Crippen LogP contribution is -1.92. The summed E-state index contributed by atoms with van der Waals surface area (Å²) < 4.78 is 5.51. The highest BCUT2D eigenvalue weighted by atomic mass is 32.1. The summed E-state index contributed by atoms with van der Waals surface area (Å²) in [4.78, 5) is 0.965. The van der Waals surface area contributed by atoms with Crippen molar-refractivity contribution < 1.29 is 4.74 Å². The molecular formula is C24H36OS. The van der Waals surface area contributed by atoms with E-state index >= 15 is 0 Å². The Morgan fingerprint density at radius 2 is 1.46 bits per heavy atom. The minimum Gasteiger partial charge on any atom is -0.495 e. The van der Waals surface area contributed by atoms with Crippen molar-refractivity contribution in [3.8, 4) is 5.75 Å². The van der Waals surface area contributed by atoms with Crippen LogP contribution in [-0.2, 0) is 6.42 Å². The molecule has 144 valence electrons. The lowest BCUT2D eigenvalue weighted by atomic mass is 10.00. The third kappa shape index (κ3) is 6.23. The molecule has 2 aromatic rings. The Bertz CT molecular complexity index is 677. The monoisotopic (exact) mass is 372 g/mol. The summed E-state index contributed by atoms with van der Waals surface area (Å²) in [7, 11) is 1.72. The lowest BCUT2D eigenvalue weighted by Gasteiger charge is -2.12. The van der Waals surface area contributed by atoms with Crippen LogP contribution in [0.15, 0.2) is 29.2 Å². The van der Waals surface area contributed by atoms with Gasteiger partial charge in [0.25, 0.3) is 0 Å². The molecule has 2 heteroatoms. The molecular weight excluding hydrogens is 336 g/mol. The van der Waals surface area contributed by atoms with E-state index in [-0.39, 0.29) is 0 Å². The van der Waals surface area contributed by atoms with Gasteiger partial charge in [-0.25, -0.2) is 0 Å². The zero-order valence-electron chi connectivity index (χ0n) is 16.9. The maximum atomic E-state index is 5.51. The van der Waals surface area contributed by atoms with E-state index in [2.05, 4.69) is 38.1 Å². The summed E-state index contributed by atoms with van der Waals surface area (Å²) in [6.45, 7) is 4.36. The van der Waals surface area contributed by atoms with Gasteiger partial charge in [-0.2, -0.15) is 0 Å². The fourth-order valence-corrected chi connectivity index (χ4v) is 4.23. The molecule has 0 fully saturated rings. The molecule has 0 unspecified atom stereocenters. The number of rotatable bonds is 12. The summed E-state index contributed by atoms with van der Waals surface area (Å²) in [5, 5.41) is 2.46. The van der Waals surface area contributed by atoms with Gasteiger partial charge in [-0.1, -0.05) is 76.8 Å². The largest absolute Gasteiger partial charge is 0.495 e. The van der Waals surface area contributed by atoms with Crippen LogP contribution in [-0.4, -0.2) is 7.11 Å². The van der Waals surface area contributed by atoms with Gasteiger partial charge in [0.15, 0.2) is 0 Å². The summed E-state index contributed by atoms with van der Waals surface area (Å²) in [5.74, 6) is 0.900. The van der Waals surface area contributed by atoms with Gasteiger partial charge in [-0.05, 0) is 53.8 Å². The van der Waals surface area contributed by atoms with Gasteiger partial charge >= 0.3 is 0 Å². The first-order valence-corrected chi connectivity index (χ1v) is 10.9. The standard InChI is InChI=1S/C24H36OS/c1-4-5-6-7-8-9-10-11-12-13-14-20-15-16-21-17-19(2)23(25-3)24(26)22(21)18-20/h15-18,26H,4-14H2,1-3H3. The summed E-state index contributed by atoms with van der Waals surface area (Å²) in [6.07, 6.45) is 15.0. The zero-order chi connectivity index (χ0) is 18.8. The molecule has 2 rings (SSSR count). The molecule has 0 radical (unpaired) electrons. The first kappa shape index (κ1) is 21.2. The molecule has 0 atom stereocenters. The number of hydrogen-bond donors (Lipinski definition) is 1. The first-order chi connectivity index (χ1) is 12.7. The van der Waals surface area contributed by atoms with Crippen molar-refractivity contribution in [2.45, 2.75) is 89.4 Å². The normalized spacial score (nSPS) is 11.2. The van der Waals surface area contributed by atoms with Crippen molar-refractivity contribution in [1.29, 1.82) is 0 Å². The number of thiol groups is 1. The maximum Gasteiger partial charge on any atom is 0.135 e. The van der Waals surface area contributed by atoms with Crippen molar-refractivity contribution in [1.82, 2.24) is 0 Å². The van der Waals surface area contributed by atoms with Gasteiger partial charge in [-0.15, -0.1) is 12.6 Å². The van der Waals surface area contributed by atoms with Crippen molar-refractivity contribution in [3.05, 3.63) is 35.4 Å². The van der Waals surface area contributed by atoms with Gasteiger partial charge in [-0.3, -0.25) is 0 Å². The number of benzene rings is 2. The Balaban J connectivity index is 1.75. The predicted octanol–water partition coefficient (Wildman–Crippen LogP) is 7.91. The summed E-state index contributed by atoms with van der Waals surface area (Å²) in [6, 6.07) is 8.99. The second kappa shape index (κ2) is 11.5. The van der Waals surface area contributed by atoms with Crippen molar-refractivity contribution >= 4 is 23.4 Å². The highest BCUT2D eigenvalue weighted by molar-refractivity contribution is 7.80. The molecule has 0 saturated carbocycles. The predicted molar refractivity (Wildman–Crippen MR) is 118 cm³/mol. The van der Waals surface area contributed by atoms with Crippen LogP contribution in [0.2, 0.25) is 0 Å². The molecule has 2 aromatic carbocycles. The molecule has 0 aromatic heterocycles. The Kier molecular flexibility index (Phi) is 9.39. The average molecular weight is 373 g/mol. The molecule has 26 heavy (non-hydrogen) atoms. The van der Waals surface area contributed by atoms with E-state index in [4.69, 9.17) is 17.4 Å². The Morgan fingerprint density at radius 3 is 2.08 bits per heavy atom. The molecule has 0 aliphatic heterocycles. The number of ether oxygens (including phenoxy) is 1. The van der Waals surface area contributed by atoms with E-state index < -0.39 is 0 Å². The first-order valence-electron chi connectivity index (χ1n) is 10.5. The summed E-state index contributed by atoms with van der Waals surface area (Å²) in [5.41, 5.74) is 2.56. The van der Waals surface area contributed by atoms with Gasteiger partial charge in [0.1, 0.15) is 5.75 Å². The van der Waals surface area contributed by atoms with Crippen molar-refractivity contribution in [2.24, 2.45) is 0 Å². The molecule has 1 nitrogen and oxygen atoms in total. The van der Waals surface area contributed by atoms with Gasteiger partial charge in [0.2, 0.25) is 0 Å². The van der Waals surface area contributed by atoms with Crippen LogP contribution >= 0.6 is 12.6 Å². The average Bonchev–Trinajstić information content (AvgIpc) is 2.64. The minimum atomic E-state index is 0.900. The lowest BCUT2D eigenvalue weighted by molar-refractivity contribution is 0.403. The van der Waals surface area contributed by atoms with Gasteiger partial charge in [0, 0.05) is 0 Å². The van der Waals surface area contributed by atoms with Crippen LogP contribution in [0.4, 0.5) is 0 Å². The number of hydrogen-bond acceptors (Lipinski definition) is 2. The van der Waals surface area contributed by atoms with E-state index in [0.29, 0.717) is 0 Å². The highest BCUT2D eigenvalue weighted by Gasteiger charge is 2.09. The van der Waals surface area contributed by atoms with Crippen LogP contribution in [0, 0.1) is 6.92 Å². The molecule has 0 aliphatic rings. The molecule has 0 saturated heterocycles. The number of unbranched alkanes of at least 4 members (excludes halogenated alkanes) is 9. The Labute approximate surface area is 165 Å². The van der Waals surface area contributed by atoms with E-state index in [1.165, 1.54) is 80.5 Å². The molecule has 0 heterocycles. The zero-order valence-corrected chi connectivity index (χ0v) is 17.8. The minimum absolute atomic E-state index is 0.900. The van der Waals surface area contributed by atoms with Crippen molar-refractivity contribution in [3.63, 3.8) is 0 Å². The second-order valence-electron chi connectivity index (χ2n) is 7.56. The van der Waals surface area contributed by atoms with E-state index in [9.17, 15) is 0 Å². The maximum absolute atomic E-state index is 5.51. The van der Waals surface area contributed by atoms with Gasteiger partial charge < -0.3 is 4.74 Å². The van der Waals surface area contributed by atoms with Crippen LogP contribution in [0.25, 0.3) is 10.8 Å². The quantitative estimate of drug-likeness (QED) is 0.294. The van der Waals surface area contributed by atoms with Crippen LogP contribution in [0.1, 0.15) is 82.3 Å². The van der Waals surface area contributed by atoms with Crippen molar-refractivity contribution in [2.75, 3.05) is 7.11 Å². The van der Waals surface area contributed by atoms with Gasteiger partial charge in [0.05, 0.1) is 12.0 Å². The molecule has 0 spiro atoms. The van der Waals surface area contributed by atoms with Crippen LogP contribution < -0.4 is 4.74 Å². The Morgan fingerprint density at radius 1 is 0.846 bits per heavy atom. The number of aryl methyl sites for hydroxylation is 2. The second-order valence-corrected chi connectivity index (χ2v) is 8.01.